The number of hydrogen-bond donors (Lipinski definition) is 1. The van der Waals surface area contributed by atoms with E-state index in [9.17, 15) is 9.90 Å². The molecule has 4 rings (SSSR count). The molecule has 1 N–H and O–H groups in total. The smallest absolute Gasteiger partial charge is 0.252 e. The molecule has 4 fully saturated rings. The summed E-state index contributed by atoms with van der Waals surface area (Å²) in [5.41, 5.74) is 0. The number of likely N-dealkylation sites (tertiary alicyclic amines) is 1. The van der Waals surface area contributed by atoms with Crippen LogP contribution in [-0.2, 0) is 9.53 Å². The van der Waals surface area contributed by atoms with Gasteiger partial charge in [-0.3, -0.25) is 4.79 Å². The number of fused-ring (bicyclic) bond motifs is 1. The van der Waals surface area contributed by atoms with Crippen LogP contribution in [0.4, 0.5) is 0 Å². The van der Waals surface area contributed by atoms with E-state index in [1.54, 1.807) is 0 Å². The van der Waals surface area contributed by atoms with Crippen molar-refractivity contribution in [1.82, 2.24) is 4.90 Å². The molecule has 4 aliphatic rings. The molecule has 0 aromatic heterocycles. The number of aliphatic hydroxyl groups excluding tert-OH is 1. The molecule has 2 aliphatic carbocycles. The highest BCUT2D eigenvalue weighted by Crippen LogP contribution is 2.55. The third-order valence-corrected chi connectivity index (χ3v) is 5.64. The third kappa shape index (κ3) is 1.36. The first-order chi connectivity index (χ1) is 8.65. The summed E-state index contributed by atoms with van der Waals surface area (Å²) < 4.78 is 5.70. The lowest BCUT2D eigenvalue weighted by Gasteiger charge is -2.30. The van der Waals surface area contributed by atoms with Gasteiger partial charge in [-0.15, -0.1) is 0 Å². The zero-order chi connectivity index (χ0) is 12.4. The first kappa shape index (κ1) is 11.2. The average molecular weight is 251 g/mol. The Bertz CT molecular complexity index is 383. The Labute approximate surface area is 107 Å². The van der Waals surface area contributed by atoms with E-state index in [4.69, 9.17) is 4.74 Å². The number of hydrogen-bond acceptors (Lipinski definition) is 3. The Morgan fingerprint density at radius 3 is 2.78 bits per heavy atom. The number of rotatable bonds is 1. The first-order valence-corrected chi connectivity index (χ1v) is 7.29. The number of ether oxygens (including phenoxy) is 1. The van der Waals surface area contributed by atoms with Gasteiger partial charge in [0.2, 0.25) is 0 Å². The second kappa shape index (κ2) is 3.70. The van der Waals surface area contributed by atoms with Crippen LogP contribution >= 0.6 is 0 Å². The Morgan fingerprint density at radius 1 is 1.28 bits per heavy atom. The molecule has 2 heterocycles. The van der Waals surface area contributed by atoms with Crippen LogP contribution in [0.3, 0.4) is 0 Å². The fourth-order valence-electron chi connectivity index (χ4n) is 4.84. The van der Waals surface area contributed by atoms with Gasteiger partial charge in [-0.25, -0.2) is 0 Å². The van der Waals surface area contributed by atoms with E-state index in [1.807, 2.05) is 11.8 Å². The molecule has 7 atom stereocenters. The Hall–Kier alpha value is -0.610. The van der Waals surface area contributed by atoms with Crippen molar-refractivity contribution in [3.63, 3.8) is 0 Å². The molecule has 0 aromatic carbocycles. The molecular weight excluding hydrogens is 230 g/mol. The third-order valence-electron chi connectivity index (χ3n) is 5.64. The van der Waals surface area contributed by atoms with Crippen molar-refractivity contribution in [2.45, 2.75) is 57.0 Å². The number of carbonyl (C=O) groups is 1. The van der Waals surface area contributed by atoms with E-state index >= 15 is 0 Å². The zero-order valence-corrected chi connectivity index (χ0v) is 10.8. The minimum atomic E-state index is -0.281. The summed E-state index contributed by atoms with van der Waals surface area (Å²) in [6.07, 6.45) is 3.75. The van der Waals surface area contributed by atoms with Crippen LogP contribution in [0, 0.1) is 17.8 Å². The van der Waals surface area contributed by atoms with Crippen molar-refractivity contribution in [1.29, 1.82) is 0 Å². The monoisotopic (exact) mass is 251 g/mol. The lowest BCUT2D eigenvalue weighted by molar-refractivity contribution is -0.145. The van der Waals surface area contributed by atoms with Crippen molar-refractivity contribution < 1.29 is 14.6 Å². The lowest BCUT2D eigenvalue weighted by atomic mass is 9.88. The fraction of sp³-hybridized carbons (Fsp3) is 0.929. The van der Waals surface area contributed by atoms with E-state index in [2.05, 4.69) is 0 Å². The van der Waals surface area contributed by atoms with Gasteiger partial charge in [0.1, 0.15) is 6.10 Å². The maximum absolute atomic E-state index is 12.5. The van der Waals surface area contributed by atoms with Crippen molar-refractivity contribution in [2.75, 3.05) is 6.54 Å². The SMILES string of the molecule is CC1CCC(C(=O)N2CC3CC4CC3C2C4O)O1. The first-order valence-electron chi connectivity index (χ1n) is 7.29. The predicted octanol–water partition coefficient (Wildman–Crippen LogP) is 0.782. The number of amides is 1. The molecule has 0 aromatic rings. The molecule has 2 aliphatic heterocycles. The molecule has 100 valence electrons. The van der Waals surface area contributed by atoms with Crippen molar-refractivity contribution in [3.05, 3.63) is 0 Å². The Kier molecular flexibility index (Phi) is 2.31. The summed E-state index contributed by atoms with van der Waals surface area (Å²) >= 11 is 0. The Balaban J connectivity index is 1.54. The number of carbonyl (C=O) groups excluding carboxylic acids is 1. The maximum Gasteiger partial charge on any atom is 0.252 e. The topological polar surface area (TPSA) is 49.8 Å². The molecule has 4 nitrogen and oxygen atoms in total. The molecule has 2 saturated heterocycles. The number of nitrogens with zero attached hydrogens (tertiary/aromatic N) is 1. The van der Waals surface area contributed by atoms with Gasteiger partial charge in [-0.1, -0.05) is 0 Å². The van der Waals surface area contributed by atoms with E-state index in [0.29, 0.717) is 17.8 Å². The average Bonchev–Trinajstić information content (AvgIpc) is 3.01. The van der Waals surface area contributed by atoms with Crippen molar-refractivity contribution >= 4 is 5.91 Å². The summed E-state index contributed by atoms with van der Waals surface area (Å²) in [5, 5.41) is 10.3. The van der Waals surface area contributed by atoms with Crippen LogP contribution < -0.4 is 0 Å². The standard InChI is InChI=1S/C14H21NO3/c1-7-2-3-11(18-7)14(17)15-6-9-4-8-5-10(9)12(15)13(8)16/h7-13,16H,2-6H2,1H3. The molecular formula is C14H21NO3. The van der Waals surface area contributed by atoms with Crippen LogP contribution in [0.5, 0.6) is 0 Å². The van der Waals surface area contributed by atoms with E-state index in [1.165, 1.54) is 0 Å². The second-order valence-electron chi connectivity index (χ2n) is 6.64. The lowest BCUT2D eigenvalue weighted by Crippen LogP contribution is -2.47. The van der Waals surface area contributed by atoms with Crippen LogP contribution in [0.2, 0.25) is 0 Å². The van der Waals surface area contributed by atoms with E-state index in [-0.39, 0.29) is 30.3 Å². The highest BCUT2D eigenvalue weighted by Gasteiger charge is 2.60. The van der Waals surface area contributed by atoms with Gasteiger partial charge < -0.3 is 14.7 Å². The van der Waals surface area contributed by atoms with Crippen molar-refractivity contribution in [2.24, 2.45) is 17.8 Å². The van der Waals surface area contributed by atoms with Gasteiger partial charge in [0.25, 0.3) is 5.91 Å². The predicted molar refractivity (Wildman–Crippen MR) is 64.8 cm³/mol. The van der Waals surface area contributed by atoms with Gasteiger partial charge >= 0.3 is 0 Å². The van der Waals surface area contributed by atoms with E-state index < -0.39 is 0 Å². The molecule has 0 spiro atoms. The molecule has 0 radical (unpaired) electrons. The molecule has 2 saturated carbocycles. The van der Waals surface area contributed by atoms with Gasteiger partial charge in [-0.05, 0) is 50.4 Å². The van der Waals surface area contributed by atoms with Gasteiger partial charge in [0.15, 0.2) is 0 Å². The van der Waals surface area contributed by atoms with Gasteiger partial charge in [0, 0.05) is 6.54 Å². The minimum Gasteiger partial charge on any atom is -0.391 e. The normalized spacial score (nSPS) is 53.4. The summed E-state index contributed by atoms with van der Waals surface area (Å²) in [7, 11) is 0. The van der Waals surface area contributed by atoms with E-state index in [0.717, 1.165) is 32.2 Å². The summed E-state index contributed by atoms with van der Waals surface area (Å²) in [4.78, 5) is 14.5. The van der Waals surface area contributed by atoms with Gasteiger partial charge in [0.05, 0.1) is 18.2 Å². The second-order valence-corrected chi connectivity index (χ2v) is 6.64. The Morgan fingerprint density at radius 2 is 2.11 bits per heavy atom. The van der Waals surface area contributed by atoms with Gasteiger partial charge in [-0.2, -0.15) is 0 Å². The summed E-state index contributed by atoms with van der Waals surface area (Å²) in [6.45, 7) is 2.89. The van der Waals surface area contributed by atoms with Crippen LogP contribution in [0.15, 0.2) is 0 Å². The molecule has 4 heteroatoms. The largest absolute Gasteiger partial charge is 0.391 e. The quantitative estimate of drug-likeness (QED) is 0.749. The molecule has 2 bridgehead atoms. The molecule has 18 heavy (non-hydrogen) atoms. The summed E-state index contributed by atoms with van der Waals surface area (Å²) in [5.74, 6) is 1.80. The minimum absolute atomic E-state index is 0.0979. The van der Waals surface area contributed by atoms with Crippen LogP contribution in [-0.4, -0.2) is 46.8 Å². The van der Waals surface area contributed by atoms with Crippen molar-refractivity contribution in [3.8, 4) is 0 Å². The van der Waals surface area contributed by atoms with Crippen LogP contribution in [0.25, 0.3) is 0 Å². The molecule has 1 amide bonds. The zero-order valence-electron chi connectivity index (χ0n) is 10.8. The fourth-order valence-corrected chi connectivity index (χ4v) is 4.84. The highest BCUT2D eigenvalue weighted by molar-refractivity contribution is 5.82. The number of aliphatic hydroxyl groups is 1. The maximum atomic E-state index is 12.5. The van der Waals surface area contributed by atoms with Crippen LogP contribution in [0.1, 0.15) is 32.6 Å². The molecule has 7 unspecified atom stereocenters. The highest BCUT2D eigenvalue weighted by atomic mass is 16.5. The summed E-state index contributed by atoms with van der Waals surface area (Å²) in [6, 6.07) is 0.0979.